The molecule has 0 saturated carbocycles. The monoisotopic (exact) mass is 131 g/mol. The summed E-state index contributed by atoms with van der Waals surface area (Å²) >= 11 is 0. The third kappa shape index (κ3) is 1.40. The Bertz CT molecular complexity index is 125. The Kier molecular flexibility index (Phi) is 1.68. The van der Waals surface area contributed by atoms with Gasteiger partial charge in [0, 0.05) is 13.0 Å². The van der Waals surface area contributed by atoms with Crippen molar-refractivity contribution < 1.29 is 15.0 Å². The van der Waals surface area contributed by atoms with Crippen LogP contribution in [-0.4, -0.2) is 34.9 Å². The third-order valence-corrected chi connectivity index (χ3v) is 1.31. The largest absolute Gasteiger partial charge is 0.391 e. The van der Waals surface area contributed by atoms with Crippen LogP contribution < -0.4 is 5.32 Å². The Morgan fingerprint density at radius 1 is 1.56 bits per heavy atom. The molecule has 0 aromatic carbocycles. The van der Waals surface area contributed by atoms with Crippen molar-refractivity contribution in [2.24, 2.45) is 0 Å². The van der Waals surface area contributed by atoms with Crippen LogP contribution in [0.1, 0.15) is 6.42 Å². The number of aliphatic hydroxyl groups excluding tert-OH is 2. The number of carbonyl (C=O) groups is 1. The van der Waals surface area contributed by atoms with Crippen molar-refractivity contribution in [3.05, 3.63) is 0 Å². The Labute approximate surface area is 52.5 Å². The molecule has 0 spiro atoms. The summed E-state index contributed by atoms with van der Waals surface area (Å²) in [4.78, 5) is 10.5. The molecule has 0 radical (unpaired) electrons. The summed E-state index contributed by atoms with van der Waals surface area (Å²) in [6, 6.07) is 0. The summed E-state index contributed by atoms with van der Waals surface area (Å²) in [7, 11) is 0. The number of carbonyl (C=O) groups excluding carboxylic acids is 1. The summed E-state index contributed by atoms with van der Waals surface area (Å²) < 4.78 is 0. The maximum atomic E-state index is 10.5. The van der Waals surface area contributed by atoms with Crippen LogP contribution in [0.4, 0.5) is 0 Å². The molecule has 1 aliphatic rings. The van der Waals surface area contributed by atoms with Gasteiger partial charge in [-0.2, -0.15) is 0 Å². The highest BCUT2D eigenvalue weighted by atomic mass is 16.3. The van der Waals surface area contributed by atoms with Crippen LogP contribution >= 0.6 is 0 Å². The van der Waals surface area contributed by atoms with Crippen molar-refractivity contribution in [1.29, 1.82) is 0 Å². The molecule has 1 aliphatic heterocycles. The molecule has 1 fully saturated rings. The molecule has 0 unspecified atom stereocenters. The minimum atomic E-state index is -1.02. The first kappa shape index (κ1) is 6.51. The number of β-amino-alcohol motifs (C(OH)–C–C–N with tert-alkyl or cyclic N) is 1. The second-order valence-electron chi connectivity index (χ2n) is 2.15. The number of hydrogen-bond acceptors (Lipinski definition) is 3. The molecular formula is C5H9NO3. The van der Waals surface area contributed by atoms with Gasteiger partial charge in [0.2, 0.25) is 5.91 Å². The maximum absolute atomic E-state index is 10.5. The highest BCUT2D eigenvalue weighted by molar-refractivity contribution is 5.81. The lowest BCUT2D eigenvalue weighted by Gasteiger charge is -2.21. The third-order valence-electron chi connectivity index (χ3n) is 1.31. The van der Waals surface area contributed by atoms with Crippen LogP contribution in [0, 0.1) is 0 Å². The second kappa shape index (κ2) is 2.33. The van der Waals surface area contributed by atoms with E-state index in [0.717, 1.165) is 0 Å². The average Bonchev–Trinajstić information content (AvgIpc) is 1.80. The van der Waals surface area contributed by atoms with E-state index in [2.05, 4.69) is 5.32 Å². The van der Waals surface area contributed by atoms with E-state index in [9.17, 15) is 4.79 Å². The fourth-order valence-corrected chi connectivity index (χ4v) is 0.784. The molecule has 0 aliphatic carbocycles. The maximum Gasteiger partial charge on any atom is 0.249 e. The lowest BCUT2D eigenvalue weighted by Crippen LogP contribution is -2.47. The molecule has 0 aromatic heterocycles. The van der Waals surface area contributed by atoms with E-state index in [1.54, 1.807) is 0 Å². The molecule has 0 aromatic rings. The first-order valence-corrected chi connectivity index (χ1v) is 2.84. The smallest absolute Gasteiger partial charge is 0.249 e. The lowest BCUT2D eigenvalue weighted by atomic mass is 10.1. The van der Waals surface area contributed by atoms with Gasteiger partial charge in [-0.25, -0.2) is 0 Å². The van der Waals surface area contributed by atoms with Crippen molar-refractivity contribution in [2.75, 3.05) is 6.54 Å². The number of amides is 1. The van der Waals surface area contributed by atoms with E-state index in [1.807, 2.05) is 0 Å². The molecule has 3 N–H and O–H groups in total. The van der Waals surface area contributed by atoms with E-state index >= 15 is 0 Å². The molecule has 1 saturated heterocycles. The minimum absolute atomic E-state index is 0.159. The topological polar surface area (TPSA) is 69.6 Å². The predicted octanol–water partition coefficient (Wildman–Crippen LogP) is -1.77. The van der Waals surface area contributed by atoms with Crippen LogP contribution in [0.5, 0.6) is 0 Å². The Balaban J connectivity index is 2.44. The molecule has 2 atom stereocenters. The highest BCUT2D eigenvalue weighted by Gasteiger charge is 2.24. The predicted molar refractivity (Wildman–Crippen MR) is 29.6 cm³/mol. The average molecular weight is 131 g/mol. The van der Waals surface area contributed by atoms with E-state index < -0.39 is 12.2 Å². The quantitative estimate of drug-likeness (QED) is 0.364. The SMILES string of the molecule is O=C1NC[C@H](O)C[C@@H]1O. The van der Waals surface area contributed by atoms with Crippen molar-refractivity contribution in [3.63, 3.8) is 0 Å². The van der Waals surface area contributed by atoms with E-state index in [0.29, 0.717) is 0 Å². The molecule has 1 rings (SSSR count). The van der Waals surface area contributed by atoms with Gasteiger partial charge in [0.25, 0.3) is 0 Å². The Morgan fingerprint density at radius 2 is 2.22 bits per heavy atom. The standard InChI is InChI=1S/C5H9NO3/c7-3-1-4(8)5(9)6-2-3/h3-4,7-8H,1-2H2,(H,6,9)/t3-,4+/m1/s1. The fourth-order valence-electron chi connectivity index (χ4n) is 0.784. The van der Waals surface area contributed by atoms with Gasteiger partial charge >= 0.3 is 0 Å². The van der Waals surface area contributed by atoms with Gasteiger partial charge in [0.05, 0.1) is 6.10 Å². The molecule has 4 nitrogen and oxygen atoms in total. The van der Waals surface area contributed by atoms with E-state index in [4.69, 9.17) is 10.2 Å². The van der Waals surface area contributed by atoms with Gasteiger partial charge in [0.1, 0.15) is 6.10 Å². The van der Waals surface area contributed by atoms with Crippen molar-refractivity contribution in [2.45, 2.75) is 18.6 Å². The zero-order valence-corrected chi connectivity index (χ0v) is 4.87. The number of hydrogen-bond donors (Lipinski definition) is 3. The zero-order valence-electron chi connectivity index (χ0n) is 4.87. The van der Waals surface area contributed by atoms with Crippen molar-refractivity contribution >= 4 is 5.91 Å². The van der Waals surface area contributed by atoms with Gasteiger partial charge in [-0.1, -0.05) is 0 Å². The first-order valence-electron chi connectivity index (χ1n) is 2.84. The summed E-state index contributed by atoms with van der Waals surface area (Å²) in [6.45, 7) is 0.260. The van der Waals surface area contributed by atoms with Gasteiger partial charge in [-0.05, 0) is 0 Å². The normalized spacial score (nSPS) is 36.0. The number of rotatable bonds is 0. The van der Waals surface area contributed by atoms with Crippen LogP contribution in [0.2, 0.25) is 0 Å². The summed E-state index contributed by atoms with van der Waals surface area (Å²) in [5, 5.41) is 19.9. The molecule has 1 heterocycles. The molecular weight excluding hydrogens is 122 g/mol. The van der Waals surface area contributed by atoms with Crippen LogP contribution in [0.25, 0.3) is 0 Å². The molecule has 9 heavy (non-hydrogen) atoms. The lowest BCUT2D eigenvalue weighted by molar-refractivity contribution is -0.134. The van der Waals surface area contributed by atoms with Gasteiger partial charge in [0.15, 0.2) is 0 Å². The molecule has 4 heteroatoms. The van der Waals surface area contributed by atoms with Crippen LogP contribution in [-0.2, 0) is 4.79 Å². The fraction of sp³-hybridized carbons (Fsp3) is 0.800. The molecule has 52 valence electrons. The second-order valence-corrected chi connectivity index (χ2v) is 2.15. The number of aliphatic hydroxyl groups is 2. The first-order chi connectivity index (χ1) is 4.20. The molecule has 1 amide bonds. The summed E-state index contributed by atoms with van der Waals surface area (Å²) in [5.41, 5.74) is 0. The number of piperidine rings is 1. The Morgan fingerprint density at radius 3 is 2.67 bits per heavy atom. The minimum Gasteiger partial charge on any atom is -0.391 e. The molecule has 0 bridgehead atoms. The van der Waals surface area contributed by atoms with Crippen molar-refractivity contribution in [1.82, 2.24) is 5.32 Å². The highest BCUT2D eigenvalue weighted by Crippen LogP contribution is 2.02. The summed E-state index contributed by atoms with van der Waals surface area (Å²) in [5.74, 6) is -0.389. The van der Waals surface area contributed by atoms with Crippen molar-refractivity contribution in [3.8, 4) is 0 Å². The van der Waals surface area contributed by atoms with E-state index in [1.165, 1.54) is 0 Å². The van der Waals surface area contributed by atoms with Crippen LogP contribution in [0.15, 0.2) is 0 Å². The van der Waals surface area contributed by atoms with Gasteiger partial charge in [-0.15, -0.1) is 0 Å². The van der Waals surface area contributed by atoms with Crippen LogP contribution in [0.3, 0.4) is 0 Å². The van der Waals surface area contributed by atoms with Gasteiger partial charge < -0.3 is 15.5 Å². The number of nitrogens with one attached hydrogen (secondary N) is 1. The Hall–Kier alpha value is -0.610. The zero-order chi connectivity index (χ0) is 6.85. The van der Waals surface area contributed by atoms with Gasteiger partial charge in [-0.3, -0.25) is 4.79 Å². The summed E-state index contributed by atoms with van der Waals surface area (Å²) in [6.07, 6.45) is -1.45. The van der Waals surface area contributed by atoms with E-state index in [-0.39, 0.29) is 18.9 Å².